The number of hydrogen-bond acceptors (Lipinski definition) is 3. The largest absolute Gasteiger partial charge is 0.322 e. The van der Waals surface area contributed by atoms with E-state index in [1.165, 1.54) is 12.1 Å². The summed E-state index contributed by atoms with van der Waals surface area (Å²) < 4.78 is 26.2. The van der Waals surface area contributed by atoms with E-state index in [2.05, 4.69) is 16.0 Å². The van der Waals surface area contributed by atoms with Gasteiger partial charge in [-0.25, -0.2) is 8.78 Å². The summed E-state index contributed by atoms with van der Waals surface area (Å²) in [5, 5.41) is 8.38. The molecular weight excluding hydrogens is 228 g/mol. The molecule has 1 aliphatic rings. The predicted molar refractivity (Wildman–Crippen MR) is 59.6 cm³/mol. The number of amides is 1. The van der Waals surface area contributed by atoms with E-state index in [9.17, 15) is 13.6 Å². The van der Waals surface area contributed by atoms with Gasteiger partial charge in [-0.3, -0.25) is 4.79 Å². The second-order valence-electron chi connectivity index (χ2n) is 3.80. The summed E-state index contributed by atoms with van der Waals surface area (Å²) in [5.41, 5.74) is -0.137. The predicted octanol–water partition coefficient (Wildman–Crippen LogP) is 0.465. The summed E-state index contributed by atoms with van der Waals surface area (Å²) in [6.07, 6.45) is 0. The average molecular weight is 241 g/mol. The van der Waals surface area contributed by atoms with Gasteiger partial charge in [0.1, 0.15) is 0 Å². The van der Waals surface area contributed by atoms with Gasteiger partial charge in [-0.1, -0.05) is 6.07 Å². The van der Waals surface area contributed by atoms with Crippen LogP contribution in [0, 0.1) is 11.6 Å². The first-order valence-electron chi connectivity index (χ1n) is 5.37. The van der Waals surface area contributed by atoms with Gasteiger partial charge in [0.2, 0.25) is 5.91 Å². The molecule has 0 spiro atoms. The molecule has 1 saturated heterocycles. The number of benzene rings is 1. The fraction of sp³-hybridized carbons (Fsp3) is 0.364. The molecule has 1 aliphatic heterocycles. The molecule has 1 amide bonds. The number of anilines is 1. The van der Waals surface area contributed by atoms with Gasteiger partial charge in [-0.15, -0.1) is 0 Å². The van der Waals surface area contributed by atoms with Crippen LogP contribution in [-0.4, -0.2) is 31.6 Å². The molecule has 17 heavy (non-hydrogen) atoms. The molecule has 0 radical (unpaired) electrons. The maximum atomic E-state index is 13.3. The van der Waals surface area contributed by atoms with E-state index in [1.807, 2.05) is 0 Å². The zero-order chi connectivity index (χ0) is 12.3. The quantitative estimate of drug-likeness (QED) is 0.705. The lowest BCUT2D eigenvalue weighted by Gasteiger charge is -2.23. The minimum atomic E-state index is -1.04. The fourth-order valence-electron chi connectivity index (χ4n) is 1.66. The number of carbonyl (C=O) groups is 1. The van der Waals surface area contributed by atoms with Crippen LogP contribution in [0.3, 0.4) is 0 Å². The van der Waals surface area contributed by atoms with E-state index in [0.29, 0.717) is 13.1 Å². The van der Waals surface area contributed by atoms with Crippen molar-refractivity contribution in [3.8, 4) is 0 Å². The molecule has 92 valence electrons. The Morgan fingerprint density at radius 3 is 2.88 bits per heavy atom. The third-order valence-electron chi connectivity index (χ3n) is 2.57. The first-order valence-corrected chi connectivity index (χ1v) is 5.37. The van der Waals surface area contributed by atoms with E-state index >= 15 is 0 Å². The normalized spacial score (nSPS) is 20.0. The van der Waals surface area contributed by atoms with Gasteiger partial charge in [0.05, 0.1) is 11.7 Å². The molecule has 1 atom stereocenters. The second-order valence-corrected chi connectivity index (χ2v) is 3.80. The topological polar surface area (TPSA) is 53.2 Å². The molecule has 4 nitrogen and oxygen atoms in total. The number of hydrogen-bond donors (Lipinski definition) is 3. The highest BCUT2D eigenvalue weighted by atomic mass is 19.2. The third kappa shape index (κ3) is 2.78. The van der Waals surface area contributed by atoms with Crippen molar-refractivity contribution in [2.75, 3.05) is 25.0 Å². The number of rotatable bonds is 2. The van der Waals surface area contributed by atoms with Gasteiger partial charge < -0.3 is 16.0 Å². The standard InChI is InChI=1S/C11H13F2N3O/c12-7-2-1-3-8(10(7)13)16-11(17)9-6-14-4-5-15-9/h1-3,9,14-15H,4-6H2,(H,16,17). The number of carbonyl (C=O) groups excluding carboxylic acids is 1. The van der Waals surface area contributed by atoms with Crippen LogP contribution in [-0.2, 0) is 4.79 Å². The van der Waals surface area contributed by atoms with Crippen molar-refractivity contribution in [3.05, 3.63) is 29.8 Å². The third-order valence-corrected chi connectivity index (χ3v) is 2.57. The van der Waals surface area contributed by atoms with Crippen LogP contribution in [0.4, 0.5) is 14.5 Å². The second kappa shape index (κ2) is 5.20. The number of piperazine rings is 1. The van der Waals surface area contributed by atoms with Crippen molar-refractivity contribution in [1.29, 1.82) is 0 Å². The van der Waals surface area contributed by atoms with Crippen LogP contribution < -0.4 is 16.0 Å². The van der Waals surface area contributed by atoms with Gasteiger partial charge in [0.25, 0.3) is 0 Å². The van der Waals surface area contributed by atoms with E-state index in [1.54, 1.807) is 0 Å². The molecule has 1 unspecified atom stereocenters. The molecule has 6 heteroatoms. The monoisotopic (exact) mass is 241 g/mol. The van der Waals surface area contributed by atoms with E-state index < -0.39 is 17.7 Å². The molecule has 0 bridgehead atoms. The molecule has 2 rings (SSSR count). The van der Waals surface area contributed by atoms with Crippen LogP contribution in [0.5, 0.6) is 0 Å². The van der Waals surface area contributed by atoms with Crippen molar-refractivity contribution in [2.24, 2.45) is 0 Å². The Balaban J connectivity index is 2.04. The lowest BCUT2D eigenvalue weighted by molar-refractivity contribution is -0.118. The van der Waals surface area contributed by atoms with E-state index in [-0.39, 0.29) is 11.6 Å². The Labute approximate surface area is 97.4 Å². The zero-order valence-corrected chi connectivity index (χ0v) is 9.09. The highest BCUT2D eigenvalue weighted by molar-refractivity contribution is 5.95. The summed E-state index contributed by atoms with van der Waals surface area (Å²) in [7, 11) is 0. The molecule has 1 aromatic carbocycles. The molecule has 1 fully saturated rings. The van der Waals surface area contributed by atoms with Crippen LogP contribution in [0.25, 0.3) is 0 Å². The minimum absolute atomic E-state index is 0.137. The summed E-state index contributed by atoms with van der Waals surface area (Å²) in [6, 6.07) is 3.25. The molecule has 1 heterocycles. The van der Waals surface area contributed by atoms with Crippen molar-refractivity contribution >= 4 is 11.6 Å². The van der Waals surface area contributed by atoms with Gasteiger partial charge in [0, 0.05) is 19.6 Å². The van der Waals surface area contributed by atoms with Gasteiger partial charge >= 0.3 is 0 Å². The zero-order valence-electron chi connectivity index (χ0n) is 9.09. The molecule has 1 aromatic rings. The lowest BCUT2D eigenvalue weighted by Crippen LogP contribution is -2.54. The number of nitrogens with one attached hydrogen (secondary N) is 3. The van der Waals surface area contributed by atoms with Gasteiger partial charge in [-0.05, 0) is 12.1 Å². The summed E-state index contributed by atoms with van der Waals surface area (Å²) in [5.74, 6) is -2.39. The first kappa shape index (κ1) is 11.9. The van der Waals surface area contributed by atoms with Crippen LogP contribution >= 0.6 is 0 Å². The van der Waals surface area contributed by atoms with Crippen LogP contribution in [0.15, 0.2) is 18.2 Å². The van der Waals surface area contributed by atoms with Crippen LogP contribution in [0.1, 0.15) is 0 Å². The molecule has 3 N–H and O–H groups in total. The van der Waals surface area contributed by atoms with Crippen molar-refractivity contribution in [1.82, 2.24) is 10.6 Å². The maximum Gasteiger partial charge on any atom is 0.242 e. The van der Waals surface area contributed by atoms with Crippen molar-refractivity contribution < 1.29 is 13.6 Å². The van der Waals surface area contributed by atoms with Gasteiger partial charge in [0.15, 0.2) is 11.6 Å². The fourth-order valence-corrected chi connectivity index (χ4v) is 1.66. The van der Waals surface area contributed by atoms with Crippen LogP contribution in [0.2, 0.25) is 0 Å². The minimum Gasteiger partial charge on any atom is -0.322 e. The first-order chi connectivity index (χ1) is 8.18. The highest BCUT2D eigenvalue weighted by Crippen LogP contribution is 2.16. The van der Waals surface area contributed by atoms with Crippen molar-refractivity contribution in [2.45, 2.75) is 6.04 Å². The average Bonchev–Trinajstić information content (AvgIpc) is 2.36. The lowest BCUT2D eigenvalue weighted by atomic mass is 10.2. The Morgan fingerprint density at radius 2 is 2.18 bits per heavy atom. The summed E-state index contributed by atoms with van der Waals surface area (Å²) >= 11 is 0. The Morgan fingerprint density at radius 1 is 1.35 bits per heavy atom. The Kier molecular flexibility index (Phi) is 3.65. The molecule has 0 aliphatic carbocycles. The molecule has 0 saturated carbocycles. The van der Waals surface area contributed by atoms with Gasteiger partial charge in [-0.2, -0.15) is 0 Å². The Bertz CT molecular complexity index is 419. The smallest absolute Gasteiger partial charge is 0.242 e. The Hall–Kier alpha value is -1.53. The number of halogens is 2. The summed E-state index contributed by atoms with van der Waals surface area (Å²) in [4.78, 5) is 11.7. The summed E-state index contributed by atoms with van der Waals surface area (Å²) in [6.45, 7) is 1.94. The maximum absolute atomic E-state index is 13.3. The van der Waals surface area contributed by atoms with E-state index in [4.69, 9.17) is 0 Å². The molecular formula is C11H13F2N3O. The van der Waals surface area contributed by atoms with Crippen molar-refractivity contribution in [3.63, 3.8) is 0 Å². The van der Waals surface area contributed by atoms with E-state index in [0.717, 1.165) is 12.6 Å². The molecule has 0 aromatic heterocycles. The SMILES string of the molecule is O=C(Nc1cccc(F)c1F)C1CNCCN1. The highest BCUT2D eigenvalue weighted by Gasteiger charge is 2.21.